The summed E-state index contributed by atoms with van der Waals surface area (Å²) in [5, 5.41) is 11.5. The molecule has 0 radical (unpaired) electrons. The second-order valence-corrected chi connectivity index (χ2v) is 6.70. The van der Waals surface area contributed by atoms with Crippen LogP contribution in [0.25, 0.3) is 0 Å². The minimum Gasteiger partial charge on any atom is -0.423 e. The molecule has 0 aliphatic carbocycles. The highest BCUT2D eigenvalue weighted by Gasteiger charge is 2.34. The Morgan fingerprint density at radius 3 is 2.64 bits per heavy atom. The van der Waals surface area contributed by atoms with Gasteiger partial charge < -0.3 is 19.4 Å². The molecule has 2 rings (SSSR count). The molecule has 1 aliphatic rings. The Morgan fingerprint density at radius 1 is 1.40 bits per heavy atom. The molecular weight excluding hydrogens is 322 g/mol. The summed E-state index contributed by atoms with van der Waals surface area (Å²) in [6.45, 7) is 7.84. The number of hydroxylamine groups is 2. The number of nitrogens with zero attached hydrogens (tertiary/aromatic N) is 1. The number of carbonyl (C=O) groups is 1. The zero-order valence-electron chi connectivity index (χ0n) is 15.1. The largest absolute Gasteiger partial charge is 0.423 e. The molecule has 2 unspecified atom stereocenters. The molecule has 6 heteroatoms. The van der Waals surface area contributed by atoms with E-state index in [1.165, 1.54) is 0 Å². The van der Waals surface area contributed by atoms with E-state index in [0.29, 0.717) is 6.54 Å². The number of ether oxygens (including phenoxy) is 3. The van der Waals surface area contributed by atoms with Crippen LogP contribution < -0.4 is 0 Å². The molecule has 1 aromatic carbocycles. The van der Waals surface area contributed by atoms with Gasteiger partial charge in [0.05, 0.1) is 12.6 Å². The Hall–Kier alpha value is -1.91. The monoisotopic (exact) mass is 347 g/mol. The van der Waals surface area contributed by atoms with Crippen LogP contribution >= 0.6 is 0 Å². The van der Waals surface area contributed by atoms with Crippen LogP contribution in [0.1, 0.15) is 33.3 Å². The van der Waals surface area contributed by atoms with Crippen LogP contribution in [0.15, 0.2) is 30.3 Å². The average Bonchev–Trinajstić information content (AvgIpc) is 2.86. The molecule has 1 aliphatic heterocycles. The molecule has 136 valence electrons. The van der Waals surface area contributed by atoms with Crippen molar-refractivity contribution in [3.05, 3.63) is 35.9 Å². The number of esters is 1. The van der Waals surface area contributed by atoms with Crippen molar-refractivity contribution < 1.29 is 24.2 Å². The van der Waals surface area contributed by atoms with Gasteiger partial charge in [-0.05, 0) is 25.3 Å². The second kappa shape index (κ2) is 8.45. The van der Waals surface area contributed by atoms with E-state index in [-0.39, 0.29) is 12.5 Å². The number of rotatable bonds is 5. The Kier molecular flexibility index (Phi) is 6.57. The highest BCUT2D eigenvalue weighted by molar-refractivity contribution is 5.88. The summed E-state index contributed by atoms with van der Waals surface area (Å²) < 4.78 is 15.8. The number of hydrogen-bond acceptors (Lipinski definition) is 6. The van der Waals surface area contributed by atoms with E-state index in [2.05, 4.69) is 11.8 Å². The van der Waals surface area contributed by atoms with Crippen molar-refractivity contribution in [1.82, 2.24) is 5.06 Å². The second-order valence-electron chi connectivity index (χ2n) is 6.70. The van der Waals surface area contributed by atoms with Gasteiger partial charge in [0.15, 0.2) is 5.79 Å². The van der Waals surface area contributed by atoms with Gasteiger partial charge in [0.2, 0.25) is 6.29 Å². The van der Waals surface area contributed by atoms with Crippen molar-refractivity contribution in [2.45, 2.75) is 52.4 Å². The van der Waals surface area contributed by atoms with Gasteiger partial charge in [0.1, 0.15) is 6.61 Å². The minimum atomic E-state index is -0.767. The first-order valence-corrected chi connectivity index (χ1v) is 8.30. The first-order valence-electron chi connectivity index (χ1n) is 8.30. The molecule has 1 heterocycles. The fourth-order valence-corrected chi connectivity index (χ4v) is 2.45. The van der Waals surface area contributed by atoms with E-state index in [4.69, 9.17) is 14.2 Å². The van der Waals surface area contributed by atoms with Crippen LogP contribution in [-0.4, -0.2) is 41.0 Å². The Bertz CT molecular complexity index is 632. The molecule has 1 fully saturated rings. The molecule has 2 atom stereocenters. The molecule has 1 aromatic rings. The van der Waals surface area contributed by atoms with Crippen LogP contribution in [-0.2, 0) is 25.5 Å². The summed E-state index contributed by atoms with van der Waals surface area (Å²) in [4.78, 5) is 11.9. The van der Waals surface area contributed by atoms with Gasteiger partial charge in [-0.2, -0.15) is 5.06 Å². The van der Waals surface area contributed by atoms with Crippen LogP contribution in [0.2, 0.25) is 0 Å². The summed E-state index contributed by atoms with van der Waals surface area (Å²) in [5.74, 6) is 3.78. The van der Waals surface area contributed by atoms with Crippen molar-refractivity contribution in [2.24, 2.45) is 5.92 Å². The lowest BCUT2D eigenvalue weighted by molar-refractivity contribution is -0.193. The Labute approximate surface area is 148 Å². The number of carbonyl (C=O) groups excluding carboxylic acids is 1. The van der Waals surface area contributed by atoms with Gasteiger partial charge in [-0.25, -0.2) is 4.79 Å². The quantitative estimate of drug-likeness (QED) is 0.382. The van der Waals surface area contributed by atoms with Crippen LogP contribution in [0.5, 0.6) is 0 Å². The highest BCUT2D eigenvalue weighted by Crippen LogP contribution is 2.22. The van der Waals surface area contributed by atoms with E-state index >= 15 is 0 Å². The van der Waals surface area contributed by atoms with E-state index in [9.17, 15) is 10.0 Å². The molecule has 0 amide bonds. The van der Waals surface area contributed by atoms with E-state index in [1.807, 2.05) is 44.2 Å². The van der Waals surface area contributed by atoms with Gasteiger partial charge in [0, 0.05) is 5.92 Å². The van der Waals surface area contributed by atoms with Crippen molar-refractivity contribution >= 4 is 5.97 Å². The molecule has 0 aromatic heterocycles. The molecule has 1 saturated heterocycles. The first kappa shape index (κ1) is 19.4. The third-order valence-corrected chi connectivity index (χ3v) is 3.68. The maximum atomic E-state index is 11.9. The summed E-state index contributed by atoms with van der Waals surface area (Å²) in [6.07, 6.45) is -0.760. The van der Waals surface area contributed by atoms with E-state index in [1.54, 1.807) is 13.8 Å². The van der Waals surface area contributed by atoms with Gasteiger partial charge in [0.25, 0.3) is 0 Å². The lowest BCUT2D eigenvalue weighted by Gasteiger charge is -2.24. The van der Waals surface area contributed by atoms with Gasteiger partial charge in [-0.1, -0.05) is 50.1 Å². The molecule has 0 spiro atoms. The molecule has 6 nitrogen and oxygen atoms in total. The average molecular weight is 347 g/mol. The predicted octanol–water partition coefficient (Wildman–Crippen LogP) is 2.56. The van der Waals surface area contributed by atoms with Crippen LogP contribution in [0.4, 0.5) is 0 Å². The topological polar surface area (TPSA) is 68.2 Å². The minimum absolute atomic E-state index is 0.0269. The van der Waals surface area contributed by atoms with Gasteiger partial charge in [-0.3, -0.25) is 0 Å². The molecule has 1 N–H and O–H groups in total. The molecular formula is C19H25NO5. The van der Waals surface area contributed by atoms with Gasteiger partial charge in [-0.15, -0.1) is 0 Å². The lowest BCUT2D eigenvalue weighted by atomic mass is 10.0. The summed E-state index contributed by atoms with van der Waals surface area (Å²) >= 11 is 0. The van der Waals surface area contributed by atoms with Crippen LogP contribution in [0.3, 0.4) is 0 Å². The van der Waals surface area contributed by atoms with Crippen molar-refractivity contribution in [3.63, 3.8) is 0 Å². The van der Waals surface area contributed by atoms with Crippen molar-refractivity contribution in [1.29, 1.82) is 0 Å². The standard InChI is InChI=1S/C19H25NO5/c1-14(2)16(20(22)12-15-8-6-5-7-9-15)10-11-17(21)24-18-13-23-19(3,4)25-18/h5-9,14,16,18,22H,12-13H2,1-4H3. The lowest BCUT2D eigenvalue weighted by Crippen LogP contribution is -2.35. The molecule has 25 heavy (non-hydrogen) atoms. The van der Waals surface area contributed by atoms with E-state index < -0.39 is 24.1 Å². The maximum absolute atomic E-state index is 11.9. The third-order valence-electron chi connectivity index (χ3n) is 3.68. The Balaban J connectivity index is 1.94. The zero-order valence-corrected chi connectivity index (χ0v) is 15.1. The molecule has 0 bridgehead atoms. The van der Waals surface area contributed by atoms with Gasteiger partial charge >= 0.3 is 5.97 Å². The third kappa shape index (κ3) is 6.15. The Morgan fingerprint density at radius 2 is 2.08 bits per heavy atom. The van der Waals surface area contributed by atoms with E-state index in [0.717, 1.165) is 10.6 Å². The molecule has 0 saturated carbocycles. The first-order chi connectivity index (χ1) is 11.8. The van der Waals surface area contributed by atoms with Crippen molar-refractivity contribution in [2.75, 3.05) is 6.61 Å². The highest BCUT2D eigenvalue weighted by atomic mass is 16.8. The maximum Gasteiger partial charge on any atom is 0.386 e. The zero-order chi connectivity index (χ0) is 18.4. The number of hydrogen-bond donors (Lipinski definition) is 1. The van der Waals surface area contributed by atoms with Crippen LogP contribution in [0, 0.1) is 17.8 Å². The summed E-state index contributed by atoms with van der Waals surface area (Å²) in [7, 11) is 0. The fourth-order valence-electron chi connectivity index (χ4n) is 2.45. The number of benzene rings is 1. The summed E-state index contributed by atoms with van der Waals surface area (Å²) in [6, 6.07) is 9.06. The van der Waals surface area contributed by atoms with Crippen molar-refractivity contribution in [3.8, 4) is 11.8 Å². The smallest absolute Gasteiger partial charge is 0.386 e. The SMILES string of the molecule is CC(C)C(C#CC(=O)OC1COC(C)(C)O1)N(O)Cc1ccccc1. The summed E-state index contributed by atoms with van der Waals surface area (Å²) in [5.41, 5.74) is 0.957. The predicted molar refractivity (Wildman–Crippen MR) is 91.2 cm³/mol. The fraction of sp³-hybridized carbons (Fsp3) is 0.526. The normalized spacial score (nSPS) is 20.2.